The van der Waals surface area contributed by atoms with Crippen molar-refractivity contribution in [1.29, 1.82) is 0 Å². The highest BCUT2D eigenvalue weighted by atomic mass is 16.3. The molecule has 0 bridgehead atoms. The molecule has 6 aromatic rings. The van der Waals surface area contributed by atoms with E-state index in [0.29, 0.717) is 5.71 Å². The topological polar surface area (TPSA) is 29.9 Å². The Hall–Kier alpha value is -3.46. The van der Waals surface area contributed by atoms with Crippen LogP contribution >= 0.6 is 0 Å². The lowest BCUT2D eigenvalue weighted by atomic mass is 9.81. The minimum absolute atomic E-state index is 0.0151. The van der Waals surface area contributed by atoms with Gasteiger partial charge in [0, 0.05) is 27.9 Å². The highest BCUT2D eigenvalue weighted by Gasteiger charge is 2.27. The average Bonchev–Trinajstić information content (AvgIpc) is 3.10. The molecule has 0 N–H and O–H groups in total. The highest BCUT2D eigenvalue weighted by molar-refractivity contribution is 6.32. The van der Waals surface area contributed by atoms with Gasteiger partial charge in [-0.1, -0.05) is 45.0 Å². The molecule has 0 fully saturated rings. The van der Waals surface area contributed by atoms with Gasteiger partial charge >= 0.3 is 0 Å². The summed E-state index contributed by atoms with van der Waals surface area (Å²) in [4.78, 5) is 4.69. The molecule has 0 atom stereocenters. The van der Waals surface area contributed by atoms with Crippen LogP contribution in [0.5, 0.6) is 0 Å². The van der Waals surface area contributed by atoms with E-state index >= 15 is 0 Å². The van der Waals surface area contributed by atoms with E-state index in [-0.39, 0.29) is 5.41 Å². The summed E-state index contributed by atoms with van der Waals surface area (Å²) < 4.78 is 8.79. The second-order valence-corrected chi connectivity index (χ2v) is 10.1. The van der Waals surface area contributed by atoms with Gasteiger partial charge in [-0.25, -0.2) is 9.55 Å². The summed E-state index contributed by atoms with van der Waals surface area (Å²) in [6, 6.07) is 17.5. The van der Waals surface area contributed by atoms with Gasteiger partial charge in [-0.15, -0.1) is 0 Å². The first-order valence-corrected chi connectivity index (χ1v) is 11.2. The van der Waals surface area contributed by atoms with Crippen LogP contribution in [-0.4, -0.2) is 4.98 Å². The van der Waals surface area contributed by atoms with Crippen molar-refractivity contribution in [3.05, 3.63) is 71.5 Å². The van der Waals surface area contributed by atoms with Gasteiger partial charge in [0.15, 0.2) is 6.20 Å². The van der Waals surface area contributed by atoms with Gasteiger partial charge in [0.1, 0.15) is 12.6 Å². The number of hydrogen-bond acceptors (Lipinski definition) is 2. The smallest absolute Gasteiger partial charge is 0.227 e. The summed E-state index contributed by atoms with van der Waals surface area (Å²) in [5.74, 6) is 0. The van der Waals surface area contributed by atoms with Crippen molar-refractivity contribution < 1.29 is 8.98 Å². The molecular weight excluding hydrogens is 392 g/mol. The second kappa shape index (κ2) is 6.29. The number of aryl methyl sites for hydroxylation is 3. The maximum Gasteiger partial charge on any atom is 0.227 e. The Labute approximate surface area is 187 Å². The number of fused-ring (bicyclic) bond motifs is 10. The molecule has 6 rings (SSSR count). The van der Waals surface area contributed by atoms with E-state index in [0.717, 1.165) is 22.0 Å². The quantitative estimate of drug-likeness (QED) is 0.193. The van der Waals surface area contributed by atoms with Gasteiger partial charge in [-0.3, -0.25) is 0 Å². The fourth-order valence-electron chi connectivity index (χ4n) is 5.32. The van der Waals surface area contributed by atoms with Crippen molar-refractivity contribution in [2.24, 2.45) is 7.05 Å². The summed E-state index contributed by atoms with van der Waals surface area (Å²) >= 11 is 0. The van der Waals surface area contributed by atoms with Gasteiger partial charge in [0.2, 0.25) is 11.2 Å². The fourth-order valence-corrected chi connectivity index (χ4v) is 5.32. The maximum absolute atomic E-state index is 6.52. The zero-order chi connectivity index (χ0) is 22.4. The summed E-state index contributed by atoms with van der Waals surface area (Å²) in [6.07, 6.45) is 2.20. The molecule has 0 saturated heterocycles. The van der Waals surface area contributed by atoms with Crippen molar-refractivity contribution in [3.8, 4) is 0 Å². The zero-order valence-corrected chi connectivity index (χ0v) is 19.5. The molecule has 0 amide bonds. The average molecular weight is 420 g/mol. The lowest BCUT2D eigenvalue weighted by Crippen LogP contribution is -2.30. The van der Waals surface area contributed by atoms with Gasteiger partial charge in [0.25, 0.3) is 0 Å². The predicted molar refractivity (Wildman–Crippen MR) is 133 cm³/mol. The lowest BCUT2D eigenvalue weighted by molar-refractivity contribution is -0.644. The van der Waals surface area contributed by atoms with E-state index in [1.54, 1.807) is 0 Å². The standard InChI is InChI=1S/C29H27N2O/c1-16-8-7-9-18-19-12-13-20-21-11-10-17(2)30-28(21)32-27(20)24(19)25-22(29(3,4)5)14-15-31(6)26(25)23(16)18/h7-15H,1-6H3/q+1. The lowest BCUT2D eigenvalue weighted by Gasteiger charge is -2.22. The molecule has 0 aliphatic heterocycles. The monoisotopic (exact) mass is 419 g/mol. The van der Waals surface area contributed by atoms with Crippen molar-refractivity contribution in [3.63, 3.8) is 0 Å². The predicted octanol–water partition coefficient (Wildman–Crippen LogP) is 7.18. The number of rotatable bonds is 0. The number of aromatic nitrogens is 2. The number of nitrogens with zero attached hydrogens (tertiary/aromatic N) is 2. The summed E-state index contributed by atoms with van der Waals surface area (Å²) in [5.41, 5.74) is 6.47. The second-order valence-electron chi connectivity index (χ2n) is 10.1. The van der Waals surface area contributed by atoms with Crippen LogP contribution in [0.2, 0.25) is 0 Å². The molecule has 0 unspecified atom stereocenters. The van der Waals surface area contributed by atoms with Crippen LogP contribution in [0.3, 0.4) is 0 Å². The van der Waals surface area contributed by atoms with E-state index in [9.17, 15) is 0 Å². The molecule has 0 saturated carbocycles. The molecule has 0 aliphatic rings. The molecule has 0 radical (unpaired) electrons. The normalized spacial score (nSPS) is 12.7. The van der Waals surface area contributed by atoms with E-state index in [2.05, 4.69) is 94.0 Å². The van der Waals surface area contributed by atoms with Crippen LogP contribution in [0.15, 0.2) is 59.1 Å². The van der Waals surface area contributed by atoms with E-state index in [4.69, 9.17) is 9.40 Å². The van der Waals surface area contributed by atoms with Crippen LogP contribution < -0.4 is 4.57 Å². The first-order valence-electron chi connectivity index (χ1n) is 11.2. The number of pyridine rings is 2. The molecule has 3 heterocycles. The minimum atomic E-state index is -0.0151. The Morgan fingerprint density at radius 1 is 0.781 bits per heavy atom. The molecule has 32 heavy (non-hydrogen) atoms. The van der Waals surface area contributed by atoms with E-state index in [1.807, 2.05) is 6.92 Å². The van der Waals surface area contributed by atoms with Crippen LogP contribution in [0.25, 0.3) is 54.5 Å². The Balaban J connectivity index is 2.03. The molecular formula is C29H27N2O+. The first kappa shape index (κ1) is 19.2. The summed E-state index contributed by atoms with van der Waals surface area (Å²) in [7, 11) is 2.15. The fraction of sp³-hybridized carbons (Fsp3) is 0.241. The van der Waals surface area contributed by atoms with Gasteiger partial charge in [-0.2, -0.15) is 0 Å². The van der Waals surface area contributed by atoms with Crippen molar-refractivity contribution in [2.45, 2.75) is 40.0 Å². The molecule has 3 nitrogen and oxygen atoms in total. The third kappa shape index (κ3) is 2.48. The third-order valence-corrected chi connectivity index (χ3v) is 6.83. The third-order valence-electron chi connectivity index (χ3n) is 6.83. The maximum atomic E-state index is 6.52. The molecule has 0 aliphatic carbocycles. The van der Waals surface area contributed by atoms with Gasteiger partial charge in [0.05, 0.1) is 10.8 Å². The number of furan rings is 1. The minimum Gasteiger partial charge on any atom is -0.437 e. The molecule has 0 spiro atoms. The Kier molecular flexibility index (Phi) is 3.78. The van der Waals surface area contributed by atoms with Crippen molar-refractivity contribution in [1.82, 2.24) is 4.98 Å². The van der Waals surface area contributed by atoms with Crippen LogP contribution in [0.1, 0.15) is 37.6 Å². The molecule has 3 heteroatoms. The van der Waals surface area contributed by atoms with E-state index < -0.39 is 0 Å². The van der Waals surface area contributed by atoms with Gasteiger partial charge < -0.3 is 4.42 Å². The zero-order valence-electron chi connectivity index (χ0n) is 19.5. The molecule has 3 aromatic heterocycles. The van der Waals surface area contributed by atoms with Crippen molar-refractivity contribution >= 4 is 54.5 Å². The number of benzene rings is 3. The Bertz CT molecular complexity index is 1730. The summed E-state index contributed by atoms with van der Waals surface area (Å²) in [5, 5.41) is 8.47. The highest BCUT2D eigenvalue weighted by Crippen LogP contribution is 2.44. The molecule has 3 aromatic carbocycles. The van der Waals surface area contributed by atoms with Gasteiger partial charge in [-0.05, 0) is 59.4 Å². The first-order chi connectivity index (χ1) is 15.3. The number of hydrogen-bond donors (Lipinski definition) is 0. The SMILES string of the molecule is Cc1ccc2c(n1)oc1c2ccc2c3cccc(C)c3c3c(c(C(C)(C)C)cc[n+]3C)c21. The largest absolute Gasteiger partial charge is 0.437 e. The van der Waals surface area contributed by atoms with Crippen LogP contribution in [0.4, 0.5) is 0 Å². The van der Waals surface area contributed by atoms with E-state index in [1.165, 1.54) is 43.6 Å². The Morgan fingerprint density at radius 2 is 1.50 bits per heavy atom. The summed E-state index contributed by atoms with van der Waals surface area (Å²) in [6.45, 7) is 11.1. The van der Waals surface area contributed by atoms with Crippen LogP contribution in [0, 0.1) is 13.8 Å². The Morgan fingerprint density at radius 3 is 2.28 bits per heavy atom. The van der Waals surface area contributed by atoms with Crippen LogP contribution in [-0.2, 0) is 12.5 Å². The molecule has 158 valence electrons. The van der Waals surface area contributed by atoms with Crippen molar-refractivity contribution in [2.75, 3.05) is 0 Å².